The van der Waals surface area contributed by atoms with Gasteiger partial charge in [0.25, 0.3) is 0 Å². The summed E-state index contributed by atoms with van der Waals surface area (Å²) in [5.74, 6) is -5.86. The van der Waals surface area contributed by atoms with Crippen LogP contribution in [-0.4, -0.2) is 112 Å². The number of esters is 1. The molecule has 1 heterocycles. The number of ketones is 3. The first-order valence-electron chi connectivity index (χ1n) is 17.3. The molecular formula is C35H43Cl3F3N4O13PS2. The van der Waals surface area contributed by atoms with Gasteiger partial charge in [-0.3, -0.25) is 29.3 Å². The van der Waals surface area contributed by atoms with Gasteiger partial charge in [0.05, 0.1) is 48.1 Å². The summed E-state index contributed by atoms with van der Waals surface area (Å²) >= 11 is 17.8. The van der Waals surface area contributed by atoms with Crippen LogP contribution in [0.3, 0.4) is 0 Å². The quantitative estimate of drug-likeness (QED) is 0.0550. The van der Waals surface area contributed by atoms with E-state index in [4.69, 9.17) is 49.5 Å². The summed E-state index contributed by atoms with van der Waals surface area (Å²) in [6, 6.07) is 5.67. The number of sulfone groups is 1. The summed E-state index contributed by atoms with van der Waals surface area (Å²) in [4.78, 5) is 87.3. The topological polar surface area (TPSA) is 261 Å². The highest BCUT2D eigenvalue weighted by atomic mass is 35.5. The number of carboxylic acids is 1. The number of benzene rings is 2. The number of carbonyl (C=O) groups excluding carboxylic acids is 4. The van der Waals surface area contributed by atoms with Crippen LogP contribution in [0.25, 0.3) is 5.69 Å². The van der Waals surface area contributed by atoms with Crippen molar-refractivity contribution in [3.63, 3.8) is 0 Å². The molecule has 2 unspecified atom stereocenters. The minimum absolute atomic E-state index is 0.00216. The smallest absolute Gasteiger partial charge is 0.355 e. The Bertz CT molecular complexity index is 2270. The highest BCUT2D eigenvalue weighted by Crippen LogP contribution is 2.28. The molecule has 3 aromatic rings. The standard InChI is InChI=1S/C15H14Cl2F3N3O3.C14H13ClO5S.C3H8NO5P.C3H9S/c1-3-26-13(24)10(17)4-8-5-12(11(18)6-9(8)16)23-15(25)22(14(19)20)7(2)21-23;1-21(19,20)8-5-6-9(10(15)7-8)14(18)13-11(16)3-2-4-12(13)17;5-3(6)1-4-2-10(7,8)9;1-4(2)3/h5-6,10,14H,3-4H2,1-2H3;5-7,13H,2-4H2,1H3;4H,1-2H2,(H,5,6)(H2,7,8,9);1-3H3/q;;;+1/p-1. The molecule has 2 aromatic carbocycles. The highest BCUT2D eigenvalue weighted by molar-refractivity contribution is 7.94. The molecule has 0 spiro atoms. The van der Waals surface area contributed by atoms with Crippen molar-refractivity contribution in [3.05, 3.63) is 73.6 Å². The largest absolute Gasteiger partial charge is 0.778 e. The lowest BCUT2D eigenvalue weighted by atomic mass is 9.82. The number of halogens is 6. The fourth-order valence-electron chi connectivity index (χ4n) is 4.85. The van der Waals surface area contributed by atoms with E-state index in [0.717, 1.165) is 24.5 Å². The second-order valence-electron chi connectivity index (χ2n) is 13.0. The second kappa shape index (κ2) is 24.9. The molecule has 1 aliphatic rings. The maximum atomic E-state index is 14.2. The van der Waals surface area contributed by atoms with Crippen molar-refractivity contribution in [1.82, 2.24) is 19.7 Å². The minimum Gasteiger partial charge on any atom is -0.778 e. The summed E-state index contributed by atoms with van der Waals surface area (Å²) in [7, 11) is -7.15. The molecule has 4 rings (SSSR count). The minimum atomic E-state index is -4.35. The zero-order valence-electron chi connectivity index (χ0n) is 33.3. The van der Waals surface area contributed by atoms with Crippen molar-refractivity contribution < 1.29 is 69.8 Å². The number of nitrogens with zero attached hydrogens (tertiary/aromatic N) is 3. The van der Waals surface area contributed by atoms with Gasteiger partial charge in [-0.25, -0.2) is 22.2 Å². The van der Waals surface area contributed by atoms with Crippen LogP contribution in [0.15, 0.2) is 40.0 Å². The third-order valence-corrected chi connectivity index (χ3v) is 10.2. The number of hydrogen-bond donors (Lipinski definition) is 3. The SMILES string of the molecule is CCOC(=O)C(Cl)Cc1cc(-n2nc(C)n(C(F)F)c2=O)c(F)cc1Cl.CS(=O)(=O)c1ccc(C(=O)C2C(=O)CCCC2=O)c(Cl)c1.C[S+](C)C.O=C(O)CNCP(=O)([O-])O. The van der Waals surface area contributed by atoms with Crippen LogP contribution >= 0.6 is 42.4 Å². The van der Waals surface area contributed by atoms with E-state index in [-0.39, 0.29) is 68.0 Å². The fraction of sp³-hybridized carbons (Fsp3) is 0.457. The van der Waals surface area contributed by atoms with Crippen molar-refractivity contribution in [2.24, 2.45) is 5.92 Å². The molecule has 0 amide bonds. The Hall–Kier alpha value is -3.60. The van der Waals surface area contributed by atoms with Crippen molar-refractivity contribution in [1.29, 1.82) is 0 Å². The molecule has 1 aliphatic carbocycles. The number of carbonyl (C=O) groups is 5. The molecule has 0 aliphatic heterocycles. The van der Waals surface area contributed by atoms with Crippen LogP contribution in [0, 0.1) is 18.7 Å². The Morgan fingerprint density at radius 3 is 2.08 bits per heavy atom. The van der Waals surface area contributed by atoms with Crippen molar-refractivity contribution in [2.75, 3.05) is 44.5 Å². The van der Waals surface area contributed by atoms with E-state index in [0.29, 0.717) is 22.0 Å². The van der Waals surface area contributed by atoms with Gasteiger partial charge in [0.15, 0.2) is 33.0 Å². The molecule has 340 valence electrons. The zero-order chi connectivity index (χ0) is 47.2. The summed E-state index contributed by atoms with van der Waals surface area (Å²) in [5, 5.41) is 12.4. The first-order chi connectivity index (χ1) is 28.0. The molecule has 17 nitrogen and oxygen atoms in total. The first-order valence-corrected chi connectivity index (χ1v) is 24.6. The lowest BCUT2D eigenvalue weighted by Gasteiger charge is -2.18. The number of carboxylic acid groups (broad SMARTS) is 1. The van der Waals surface area contributed by atoms with Gasteiger partial charge in [-0.05, 0) is 67.1 Å². The lowest BCUT2D eigenvalue weighted by Crippen LogP contribution is -2.35. The van der Waals surface area contributed by atoms with Gasteiger partial charge in [-0.1, -0.05) is 23.2 Å². The van der Waals surface area contributed by atoms with Gasteiger partial charge < -0.3 is 24.2 Å². The number of alkyl halides is 3. The molecule has 0 radical (unpaired) electrons. The molecule has 0 bridgehead atoms. The third-order valence-electron chi connectivity index (χ3n) is 7.44. The molecule has 61 heavy (non-hydrogen) atoms. The molecule has 0 saturated heterocycles. The van der Waals surface area contributed by atoms with E-state index in [2.05, 4.69) is 23.9 Å². The van der Waals surface area contributed by atoms with Gasteiger partial charge in [-0.15, -0.1) is 16.7 Å². The van der Waals surface area contributed by atoms with Crippen LogP contribution in [0.5, 0.6) is 0 Å². The van der Waals surface area contributed by atoms with Crippen LogP contribution in [-0.2, 0) is 55.6 Å². The van der Waals surface area contributed by atoms with Gasteiger partial charge in [-0.2, -0.15) is 13.5 Å². The number of rotatable bonds is 13. The van der Waals surface area contributed by atoms with E-state index < -0.39 is 88.9 Å². The lowest BCUT2D eigenvalue weighted by molar-refractivity contribution is -0.193. The number of aromatic nitrogens is 3. The number of Topliss-reactive ketones (excluding diaryl/α,β-unsaturated/α-hetero) is 3. The second-order valence-corrected chi connectivity index (χ2v) is 20.4. The van der Waals surface area contributed by atoms with Crippen LogP contribution in [0.2, 0.25) is 10.0 Å². The van der Waals surface area contributed by atoms with Crippen molar-refractivity contribution >= 4 is 92.4 Å². The van der Waals surface area contributed by atoms with Gasteiger partial charge >= 0.3 is 24.2 Å². The Kier molecular flexibility index (Phi) is 22.6. The molecular weight excluding hydrogens is 943 g/mol. The average molecular weight is 986 g/mol. The van der Waals surface area contributed by atoms with Gasteiger partial charge in [0.1, 0.15) is 30.4 Å². The Labute approximate surface area is 366 Å². The van der Waals surface area contributed by atoms with E-state index in [9.17, 15) is 59.8 Å². The predicted molar refractivity (Wildman–Crippen MR) is 220 cm³/mol. The molecule has 26 heteroatoms. The monoisotopic (exact) mass is 984 g/mol. The molecule has 1 fully saturated rings. The summed E-state index contributed by atoms with van der Waals surface area (Å²) in [6.45, 7) is -0.675. The van der Waals surface area contributed by atoms with E-state index in [1.807, 2.05) is 5.32 Å². The number of hydrogen-bond acceptors (Lipinski definition) is 13. The van der Waals surface area contributed by atoms with Crippen LogP contribution < -0.4 is 15.9 Å². The predicted octanol–water partition coefficient (Wildman–Crippen LogP) is 3.77. The maximum absolute atomic E-state index is 14.2. The number of aliphatic carboxylic acids is 1. The summed E-state index contributed by atoms with van der Waals surface area (Å²) in [5.41, 5.74) is -1.37. The number of nitrogens with one attached hydrogen (secondary N) is 1. The summed E-state index contributed by atoms with van der Waals surface area (Å²) < 4.78 is 78.3. The Balaban J connectivity index is 0.000000473. The zero-order valence-corrected chi connectivity index (χ0v) is 38.1. The Morgan fingerprint density at radius 1 is 1.08 bits per heavy atom. The van der Waals surface area contributed by atoms with Crippen molar-refractivity contribution in [2.45, 2.75) is 56.4 Å². The third kappa shape index (κ3) is 18.3. The van der Waals surface area contributed by atoms with Crippen LogP contribution in [0.4, 0.5) is 13.2 Å². The Morgan fingerprint density at radius 2 is 1.64 bits per heavy atom. The molecule has 3 N–H and O–H groups in total. The van der Waals surface area contributed by atoms with Crippen molar-refractivity contribution in [3.8, 4) is 5.69 Å². The highest BCUT2D eigenvalue weighted by Gasteiger charge is 2.37. The molecule has 1 aromatic heterocycles. The first kappa shape index (κ1) is 55.4. The maximum Gasteiger partial charge on any atom is 0.355 e. The number of aryl methyl sites for hydroxylation is 1. The van der Waals surface area contributed by atoms with Gasteiger partial charge in [0.2, 0.25) is 0 Å². The van der Waals surface area contributed by atoms with E-state index >= 15 is 0 Å². The van der Waals surface area contributed by atoms with E-state index in [1.54, 1.807) is 6.92 Å². The van der Waals surface area contributed by atoms with Gasteiger partial charge in [0, 0.05) is 36.1 Å². The fourth-order valence-corrected chi connectivity index (χ4v) is 6.69. The molecule has 2 atom stereocenters. The van der Waals surface area contributed by atoms with E-state index in [1.165, 1.54) is 19.1 Å². The average Bonchev–Trinajstić information content (AvgIpc) is 3.41. The molecule has 1 saturated carbocycles. The summed E-state index contributed by atoms with van der Waals surface area (Å²) in [6.07, 6.45) is 7.63. The van der Waals surface area contributed by atoms with Crippen LogP contribution in [0.1, 0.15) is 54.5 Å². The number of ether oxygens (including phenoxy) is 1. The normalized spacial score (nSPS) is 14.4.